The summed E-state index contributed by atoms with van der Waals surface area (Å²) in [5, 5.41) is 2.89. The number of hydrogen-bond acceptors (Lipinski definition) is 3. The highest BCUT2D eigenvalue weighted by atomic mass is 16.5. The Kier molecular flexibility index (Phi) is 4.59. The minimum absolute atomic E-state index is 0.0768. The van der Waals surface area contributed by atoms with Crippen molar-refractivity contribution >= 4 is 5.91 Å². The van der Waals surface area contributed by atoms with Crippen molar-refractivity contribution in [1.82, 2.24) is 5.32 Å². The fourth-order valence-corrected chi connectivity index (χ4v) is 2.01. The standard InChI is InChI=1S/C14H19NO3/c1-2-17-12-6-3-5-11(9-12)14(16)15-10-13-7-4-8-18-13/h3,5-6,9,13H,2,4,7-8,10H2,1H3,(H,15,16)/t13-/m1/s1. The molecule has 0 aliphatic carbocycles. The van der Waals surface area contributed by atoms with Crippen LogP contribution in [0.1, 0.15) is 30.1 Å². The first-order valence-corrected chi connectivity index (χ1v) is 6.42. The normalized spacial score (nSPS) is 18.6. The van der Waals surface area contributed by atoms with Crippen molar-refractivity contribution in [3.63, 3.8) is 0 Å². The molecule has 0 aromatic heterocycles. The van der Waals surface area contributed by atoms with Crippen LogP contribution in [0.25, 0.3) is 0 Å². The van der Waals surface area contributed by atoms with E-state index < -0.39 is 0 Å². The highest BCUT2D eigenvalue weighted by molar-refractivity contribution is 5.94. The first kappa shape index (κ1) is 12.9. The summed E-state index contributed by atoms with van der Waals surface area (Å²) in [6.45, 7) is 3.91. The van der Waals surface area contributed by atoms with Gasteiger partial charge in [-0.2, -0.15) is 0 Å². The number of ether oxygens (including phenoxy) is 2. The summed E-state index contributed by atoms with van der Waals surface area (Å²) < 4.78 is 10.8. The molecule has 1 N–H and O–H groups in total. The quantitative estimate of drug-likeness (QED) is 0.868. The number of benzene rings is 1. The lowest BCUT2D eigenvalue weighted by Crippen LogP contribution is -2.31. The predicted octanol–water partition coefficient (Wildman–Crippen LogP) is 1.99. The van der Waals surface area contributed by atoms with Crippen molar-refractivity contribution in [3.8, 4) is 5.75 Å². The molecule has 1 aliphatic heterocycles. The Labute approximate surface area is 107 Å². The van der Waals surface area contributed by atoms with Gasteiger partial charge in [-0.3, -0.25) is 4.79 Å². The van der Waals surface area contributed by atoms with E-state index in [0.29, 0.717) is 18.7 Å². The Hall–Kier alpha value is -1.55. The van der Waals surface area contributed by atoms with Gasteiger partial charge in [0.15, 0.2) is 0 Å². The summed E-state index contributed by atoms with van der Waals surface area (Å²) in [7, 11) is 0. The molecule has 98 valence electrons. The SMILES string of the molecule is CCOc1cccc(C(=O)NC[C@H]2CCCO2)c1. The second-order valence-electron chi connectivity index (χ2n) is 4.31. The maximum atomic E-state index is 11.9. The van der Waals surface area contributed by atoms with E-state index in [0.717, 1.165) is 25.2 Å². The van der Waals surface area contributed by atoms with Crippen LogP contribution in [0.5, 0.6) is 5.75 Å². The lowest BCUT2D eigenvalue weighted by Gasteiger charge is -2.11. The van der Waals surface area contributed by atoms with Crippen LogP contribution >= 0.6 is 0 Å². The summed E-state index contributed by atoms with van der Waals surface area (Å²) in [4.78, 5) is 11.9. The smallest absolute Gasteiger partial charge is 0.251 e. The third kappa shape index (κ3) is 3.47. The molecule has 0 unspecified atom stereocenters. The van der Waals surface area contributed by atoms with Crippen LogP contribution in [0.2, 0.25) is 0 Å². The second-order valence-corrected chi connectivity index (χ2v) is 4.31. The van der Waals surface area contributed by atoms with Gasteiger partial charge >= 0.3 is 0 Å². The van der Waals surface area contributed by atoms with Crippen LogP contribution in [0.4, 0.5) is 0 Å². The van der Waals surface area contributed by atoms with Gasteiger partial charge in [-0.25, -0.2) is 0 Å². The largest absolute Gasteiger partial charge is 0.494 e. The third-order valence-electron chi connectivity index (χ3n) is 2.92. The van der Waals surface area contributed by atoms with E-state index in [4.69, 9.17) is 9.47 Å². The minimum Gasteiger partial charge on any atom is -0.494 e. The molecular weight excluding hydrogens is 230 g/mol. The Morgan fingerprint density at radius 1 is 1.56 bits per heavy atom. The lowest BCUT2D eigenvalue weighted by molar-refractivity contribution is 0.0857. The Morgan fingerprint density at radius 3 is 3.17 bits per heavy atom. The zero-order valence-corrected chi connectivity index (χ0v) is 10.6. The van der Waals surface area contributed by atoms with Gasteiger partial charge in [-0.05, 0) is 38.0 Å². The van der Waals surface area contributed by atoms with E-state index in [2.05, 4.69) is 5.32 Å². The van der Waals surface area contributed by atoms with E-state index in [1.807, 2.05) is 19.1 Å². The fraction of sp³-hybridized carbons (Fsp3) is 0.500. The van der Waals surface area contributed by atoms with Gasteiger partial charge in [0.25, 0.3) is 5.91 Å². The Balaban J connectivity index is 1.89. The van der Waals surface area contributed by atoms with Crippen molar-refractivity contribution in [1.29, 1.82) is 0 Å². The van der Waals surface area contributed by atoms with Crippen LogP contribution in [-0.2, 0) is 4.74 Å². The van der Waals surface area contributed by atoms with Crippen molar-refractivity contribution in [3.05, 3.63) is 29.8 Å². The molecule has 18 heavy (non-hydrogen) atoms. The first-order chi connectivity index (χ1) is 8.79. The second kappa shape index (κ2) is 6.40. The molecule has 2 rings (SSSR count). The monoisotopic (exact) mass is 249 g/mol. The molecule has 1 aromatic rings. The number of carbonyl (C=O) groups excluding carboxylic acids is 1. The van der Waals surface area contributed by atoms with Gasteiger partial charge in [0, 0.05) is 18.7 Å². The zero-order valence-electron chi connectivity index (χ0n) is 10.6. The maximum Gasteiger partial charge on any atom is 0.251 e. The number of carbonyl (C=O) groups is 1. The average Bonchev–Trinajstić information content (AvgIpc) is 2.90. The molecule has 0 spiro atoms. The highest BCUT2D eigenvalue weighted by Crippen LogP contribution is 2.14. The van der Waals surface area contributed by atoms with E-state index in [1.54, 1.807) is 12.1 Å². The van der Waals surface area contributed by atoms with Crippen molar-refractivity contribution in [2.75, 3.05) is 19.8 Å². The van der Waals surface area contributed by atoms with Gasteiger partial charge in [0.1, 0.15) is 5.75 Å². The van der Waals surface area contributed by atoms with Gasteiger partial charge in [0.05, 0.1) is 12.7 Å². The molecule has 1 fully saturated rings. The summed E-state index contributed by atoms with van der Waals surface area (Å²) in [5.41, 5.74) is 0.624. The molecule has 1 aliphatic rings. The third-order valence-corrected chi connectivity index (χ3v) is 2.92. The summed E-state index contributed by atoms with van der Waals surface area (Å²) in [6.07, 6.45) is 2.28. The molecule has 1 aromatic carbocycles. The van der Waals surface area contributed by atoms with Crippen LogP contribution in [0.3, 0.4) is 0 Å². The Bertz CT molecular complexity index is 400. The molecule has 1 saturated heterocycles. The topological polar surface area (TPSA) is 47.6 Å². The van der Waals surface area contributed by atoms with Crippen molar-refractivity contribution in [2.45, 2.75) is 25.9 Å². The van der Waals surface area contributed by atoms with Crippen LogP contribution in [0, 0.1) is 0 Å². The number of nitrogens with one attached hydrogen (secondary N) is 1. The minimum atomic E-state index is -0.0768. The lowest BCUT2D eigenvalue weighted by atomic mass is 10.2. The number of rotatable bonds is 5. The van der Waals surface area contributed by atoms with Gasteiger partial charge in [0.2, 0.25) is 0 Å². The number of amides is 1. The first-order valence-electron chi connectivity index (χ1n) is 6.42. The molecule has 4 heteroatoms. The van der Waals surface area contributed by atoms with Crippen LogP contribution < -0.4 is 10.1 Å². The molecule has 1 atom stereocenters. The number of hydrogen-bond donors (Lipinski definition) is 1. The van der Waals surface area contributed by atoms with Gasteiger partial charge in [-0.15, -0.1) is 0 Å². The van der Waals surface area contributed by atoms with E-state index >= 15 is 0 Å². The van der Waals surface area contributed by atoms with Crippen LogP contribution in [0.15, 0.2) is 24.3 Å². The van der Waals surface area contributed by atoms with E-state index in [1.165, 1.54) is 0 Å². The Morgan fingerprint density at radius 2 is 2.44 bits per heavy atom. The summed E-state index contributed by atoms with van der Waals surface area (Å²) in [5.74, 6) is 0.648. The molecule has 0 radical (unpaired) electrons. The summed E-state index contributed by atoms with van der Waals surface area (Å²) in [6, 6.07) is 7.22. The molecule has 0 bridgehead atoms. The van der Waals surface area contributed by atoms with E-state index in [9.17, 15) is 4.79 Å². The zero-order chi connectivity index (χ0) is 12.8. The highest BCUT2D eigenvalue weighted by Gasteiger charge is 2.16. The molecule has 1 heterocycles. The predicted molar refractivity (Wildman–Crippen MR) is 68.9 cm³/mol. The molecule has 1 amide bonds. The molecule has 0 saturated carbocycles. The van der Waals surface area contributed by atoms with E-state index in [-0.39, 0.29) is 12.0 Å². The fourth-order valence-electron chi connectivity index (χ4n) is 2.01. The molecule has 4 nitrogen and oxygen atoms in total. The maximum absolute atomic E-state index is 11.9. The van der Waals surface area contributed by atoms with Gasteiger partial charge in [-0.1, -0.05) is 6.07 Å². The average molecular weight is 249 g/mol. The molecular formula is C14H19NO3. The summed E-state index contributed by atoms with van der Waals surface area (Å²) >= 11 is 0. The van der Waals surface area contributed by atoms with Crippen LogP contribution in [-0.4, -0.2) is 31.8 Å². The van der Waals surface area contributed by atoms with Gasteiger partial charge < -0.3 is 14.8 Å². The van der Waals surface area contributed by atoms with Crippen molar-refractivity contribution < 1.29 is 14.3 Å². The van der Waals surface area contributed by atoms with Crippen molar-refractivity contribution in [2.24, 2.45) is 0 Å².